The molecule has 0 atom stereocenters. The number of halogens is 3. The Labute approximate surface area is 147 Å². The van der Waals surface area contributed by atoms with Crippen LogP contribution in [-0.2, 0) is 11.3 Å². The number of nitrogens with zero attached hydrogens (tertiary/aromatic N) is 1. The molecule has 0 heterocycles. The van der Waals surface area contributed by atoms with Crippen molar-refractivity contribution in [1.29, 1.82) is 0 Å². The molecule has 0 bridgehead atoms. The summed E-state index contributed by atoms with van der Waals surface area (Å²) in [6.07, 6.45) is 4.81. The molecule has 1 aliphatic carbocycles. The molecule has 0 aromatic heterocycles. The lowest BCUT2D eigenvalue weighted by molar-refractivity contribution is -0.127. The second-order valence-corrected chi connectivity index (χ2v) is 6.74. The summed E-state index contributed by atoms with van der Waals surface area (Å²) in [6.45, 7) is 0.426. The van der Waals surface area contributed by atoms with Gasteiger partial charge in [0.15, 0.2) is 0 Å². The fourth-order valence-electron chi connectivity index (χ4n) is 2.46. The maximum absolute atomic E-state index is 13.7. The van der Waals surface area contributed by atoms with Gasteiger partial charge in [-0.2, -0.15) is 0 Å². The van der Waals surface area contributed by atoms with E-state index in [1.165, 1.54) is 30.4 Å². The lowest BCUT2D eigenvalue weighted by Crippen LogP contribution is -2.31. The zero-order valence-corrected chi connectivity index (χ0v) is 14.5. The van der Waals surface area contributed by atoms with Crippen molar-refractivity contribution in [3.05, 3.63) is 75.8 Å². The average molecular weight is 392 g/mol. The number of hydrogen-bond donors (Lipinski definition) is 0. The highest BCUT2D eigenvalue weighted by molar-refractivity contribution is 9.10. The van der Waals surface area contributed by atoms with E-state index in [9.17, 15) is 13.6 Å². The molecule has 0 saturated heterocycles. The number of hydrogen-bond acceptors (Lipinski definition) is 1. The molecule has 5 heteroatoms. The lowest BCUT2D eigenvalue weighted by Gasteiger charge is -2.21. The Balaban J connectivity index is 1.74. The third-order valence-corrected chi connectivity index (χ3v) is 4.39. The second kappa shape index (κ2) is 7.26. The summed E-state index contributed by atoms with van der Waals surface area (Å²) in [6, 6.07) is 10.9. The maximum atomic E-state index is 13.7. The summed E-state index contributed by atoms with van der Waals surface area (Å²) in [4.78, 5) is 14.2. The van der Waals surface area contributed by atoms with Crippen LogP contribution in [0.4, 0.5) is 8.78 Å². The maximum Gasteiger partial charge on any atom is 0.247 e. The first-order valence-corrected chi connectivity index (χ1v) is 8.50. The molecule has 0 radical (unpaired) electrons. The second-order valence-electron chi connectivity index (χ2n) is 5.82. The number of rotatable bonds is 5. The molecule has 0 aliphatic heterocycles. The first kappa shape index (κ1) is 16.8. The van der Waals surface area contributed by atoms with Gasteiger partial charge in [-0.1, -0.05) is 28.1 Å². The molecule has 0 unspecified atom stereocenters. The Morgan fingerprint density at radius 2 is 1.88 bits per heavy atom. The lowest BCUT2D eigenvalue weighted by atomic mass is 10.2. The molecule has 24 heavy (non-hydrogen) atoms. The van der Waals surface area contributed by atoms with Crippen LogP contribution in [0.2, 0.25) is 0 Å². The van der Waals surface area contributed by atoms with E-state index in [2.05, 4.69) is 15.9 Å². The molecule has 0 N–H and O–H groups in total. The van der Waals surface area contributed by atoms with Crippen molar-refractivity contribution >= 4 is 27.9 Å². The first-order valence-electron chi connectivity index (χ1n) is 7.71. The van der Waals surface area contributed by atoms with Crippen LogP contribution in [0, 0.1) is 11.6 Å². The molecule has 1 saturated carbocycles. The van der Waals surface area contributed by atoms with Crippen molar-refractivity contribution in [2.24, 2.45) is 0 Å². The van der Waals surface area contributed by atoms with Gasteiger partial charge in [0.2, 0.25) is 5.91 Å². The molecular formula is C19H16BrF2NO. The van der Waals surface area contributed by atoms with Crippen molar-refractivity contribution in [3.8, 4) is 0 Å². The van der Waals surface area contributed by atoms with Gasteiger partial charge in [-0.3, -0.25) is 4.79 Å². The summed E-state index contributed by atoms with van der Waals surface area (Å²) < 4.78 is 27.5. The van der Waals surface area contributed by atoms with Crippen LogP contribution in [0.5, 0.6) is 0 Å². The van der Waals surface area contributed by atoms with Gasteiger partial charge in [-0.25, -0.2) is 8.78 Å². The smallest absolute Gasteiger partial charge is 0.247 e. The van der Waals surface area contributed by atoms with Gasteiger partial charge in [0.05, 0.1) is 0 Å². The van der Waals surface area contributed by atoms with E-state index >= 15 is 0 Å². The third-order valence-electron chi connectivity index (χ3n) is 3.90. The van der Waals surface area contributed by atoms with Crippen LogP contribution < -0.4 is 0 Å². The topological polar surface area (TPSA) is 20.3 Å². The van der Waals surface area contributed by atoms with Gasteiger partial charge in [-0.15, -0.1) is 0 Å². The fourth-order valence-corrected chi connectivity index (χ4v) is 2.84. The van der Waals surface area contributed by atoms with Gasteiger partial charge in [0.1, 0.15) is 11.6 Å². The van der Waals surface area contributed by atoms with Gasteiger partial charge in [0.25, 0.3) is 0 Å². The molecule has 124 valence electrons. The quantitative estimate of drug-likeness (QED) is 0.661. The highest BCUT2D eigenvalue weighted by Gasteiger charge is 2.31. The molecule has 2 nitrogen and oxygen atoms in total. The monoisotopic (exact) mass is 391 g/mol. The summed E-state index contributed by atoms with van der Waals surface area (Å²) in [5.41, 5.74) is 1.23. The van der Waals surface area contributed by atoms with E-state index < -0.39 is 0 Å². The molecule has 0 spiro atoms. The minimum Gasteiger partial charge on any atom is -0.332 e. The van der Waals surface area contributed by atoms with Gasteiger partial charge < -0.3 is 4.90 Å². The molecule has 1 amide bonds. The third kappa shape index (κ3) is 4.29. The largest absolute Gasteiger partial charge is 0.332 e. The van der Waals surface area contributed by atoms with Crippen molar-refractivity contribution in [3.63, 3.8) is 0 Å². The molecular weight excluding hydrogens is 376 g/mol. The van der Waals surface area contributed by atoms with E-state index in [0.717, 1.165) is 22.9 Å². The Hall–Kier alpha value is -2.01. The van der Waals surface area contributed by atoms with Crippen molar-refractivity contribution in [2.75, 3.05) is 0 Å². The van der Waals surface area contributed by atoms with Crippen LogP contribution >= 0.6 is 15.9 Å². The SMILES string of the molecule is O=C(/C=C/c1cc(Br)ccc1F)N(Cc1ccc(F)cc1)C1CC1. The zero-order valence-electron chi connectivity index (χ0n) is 12.9. The van der Waals surface area contributed by atoms with E-state index in [0.29, 0.717) is 12.1 Å². The molecule has 2 aromatic rings. The summed E-state index contributed by atoms with van der Waals surface area (Å²) in [5.74, 6) is -0.840. The van der Waals surface area contributed by atoms with Crippen molar-refractivity contribution in [1.82, 2.24) is 4.90 Å². The zero-order chi connectivity index (χ0) is 17.1. The predicted molar refractivity (Wildman–Crippen MR) is 93.1 cm³/mol. The minimum atomic E-state index is -0.376. The van der Waals surface area contributed by atoms with E-state index in [4.69, 9.17) is 0 Å². The summed E-state index contributed by atoms with van der Waals surface area (Å²) in [5, 5.41) is 0. The number of carbonyl (C=O) groups is 1. The summed E-state index contributed by atoms with van der Waals surface area (Å²) >= 11 is 3.29. The minimum absolute atomic E-state index is 0.166. The van der Waals surface area contributed by atoms with Crippen LogP contribution in [0.1, 0.15) is 24.0 Å². The van der Waals surface area contributed by atoms with Gasteiger partial charge >= 0.3 is 0 Å². The highest BCUT2D eigenvalue weighted by atomic mass is 79.9. The van der Waals surface area contributed by atoms with E-state index in [1.54, 1.807) is 29.2 Å². The van der Waals surface area contributed by atoms with Crippen LogP contribution in [0.15, 0.2) is 53.0 Å². The highest BCUT2D eigenvalue weighted by Crippen LogP contribution is 2.29. The van der Waals surface area contributed by atoms with Crippen LogP contribution in [0.25, 0.3) is 6.08 Å². The number of amides is 1. The van der Waals surface area contributed by atoms with Gasteiger partial charge in [-0.05, 0) is 54.8 Å². The summed E-state index contributed by atoms with van der Waals surface area (Å²) in [7, 11) is 0. The predicted octanol–water partition coefficient (Wildman–Crippen LogP) is 4.93. The normalized spacial score (nSPS) is 14.1. The standard InChI is InChI=1S/C19H16BrF2NO/c20-15-4-9-18(22)14(11-15)3-10-19(24)23(17-7-8-17)12-13-1-5-16(21)6-2-13/h1-6,9-11,17H,7-8,12H2/b10-3+. The van der Waals surface area contributed by atoms with E-state index in [-0.39, 0.29) is 23.6 Å². The first-order chi connectivity index (χ1) is 11.5. The average Bonchev–Trinajstić information content (AvgIpc) is 3.39. The molecule has 2 aromatic carbocycles. The molecule has 3 rings (SSSR count). The van der Waals surface area contributed by atoms with Crippen molar-refractivity contribution < 1.29 is 13.6 Å². The number of carbonyl (C=O) groups excluding carboxylic acids is 1. The van der Waals surface area contributed by atoms with E-state index in [1.807, 2.05) is 0 Å². The fraction of sp³-hybridized carbons (Fsp3) is 0.211. The van der Waals surface area contributed by atoms with Gasteiger partial charge in [0, 0.05) is 28.7 Å². The molecule has 1 fully saturated rings. The Kier molecular flexibility index (Phi) is 5.09. The van der Waals surface area contributed by atoms with Crippen LogP contribution in [-0.4, -0.2) is 16.8 Å². The Morgan fingerprint density at radius 3 is 2.54 bits per heavy atom. The van der Waals surface area contributed by atoms with Crippen LogP contribution in [0.3, 0.4) is 0 Å². The Morgan fingerprint density at radius 1 is 1.17 bits per heavy atom. The Bertz CT molecular complexity index is 769. The van der Waals surface area contributed by atoms with Crippen molar-refractivity contribution in [2.45, 2.75) is 25.4 Å². The number of benzene rings is 2. The molecule has 1 aliphatic rings.